The fourth-order valence-corrected chi connectivity index (χ4v) is 3.46. The average molecular weight is 505 g/mol. The van der Waals surface area contributed by atoms with Gasteiger partial charge >= 0.3 is 0 Å². The number of likely N-dealkylation sites (tertiary alicyclic amines) is 1. The molecule has 1 atom stereocenters. The summed E-state index contributed by atoms with van der Waals surface area (Å²) >= 11 is 0. The van der Waals surface area contributed by atoms with Crippen LogP contribution in [-0.2, 0) is 4.79 Å². The molecule has 1 aliphatic heterocycles. The van der Waals surface area contributed by atoms with Crippen LogP contribution in [0.25, 0.3) is 0 Å². The van der Waals surface area contributed by atoms with Crippen LogP contribution < -0.4 is 10.6 Å². The van der Waals surface area contributed by atoms with Gasteiger partial charge in [-0.3, -0.25) is 14.7 Å². The molecule has 0 spiro atoms. The van der Waals surface area contributed by atoms with Crippen LogP contribution in [0.5, 0.6) is 0 Å². The predicted octanol–water partition coefficient (Wildman–Crippen LogP) is 2.85. The van der Waals surface area contributed by atoms with Gasteiger partial charge in [0, 0.05) is 32.6 Å². The SMILES string of the molecule is CCNC(=NCC(c1ccco1)N1CCCC1)NCCC(=O)N(CC)CC.I. The van der Waals surface area contributed by atoms with Crippen molar-refractivity contribution < 1.29 is 9.21 Å². The lowest BCUT2D eigenvalue weighted by Gasteiger charge is -2.24. The molecule has 1 saturated heterocycles. The van der Waals surface area contributed by atoms with Gasteiger partial charge in [-0.1, -0.05) is 0 Å². The summed E-state index contributed by atoms with van der Waals surface area (Å²) in [5.41, 5.74) is 0. The number of hydrogen-bond donors (Lipinski definition) is 2. The minimum absolute atomic E-state index is 0. The van der Waals surface area contributed by atoms with E-state index in [4.69, 9.17) is 9.41 Å². The van der Waals surface area contributed by atoms with E-state index >= 15 is 0 Å². The van der Waals surface area contributed by atoms with E-state index in [1.54, 1.807) is 6.26 Å². The van der Waals surface area contributed by atoms with Crippen molar-refractivity contribution in [3.63, 3.8) is 0 Å². The maximum atomic E-state index is 12.1. The van der Waals surface area contributed by atoms with Gasteiger partial charge < -0.3 is 20.0 Å². The van der Waals surface area contributed by atoms with Crippen LogP contribution in [0.15, 0.2) is 27.8 Å². The lowest BCUT2D eigenvalue weighted by atomic mass is 10.2. The van der Waals surface area contributed by atoms with Crippen LogP contribution in [0.3, 0.4) is 0 Å². The van der Waals surface area contributed by atoms with E-state index in [-0.39, 0.29) is 35.9 Å². The number of carbonyl (C=O) groups excluding carboxylic acids is 1. The van der Waals surface area contributed by atoms with Crippen molar-refractivity contribution in [1.82, 2.24) is 20.4 Å². The van der Waals surface area contributed by atoms with E-state index in [1.165, 1.54) is 12.8 Å². The van der Waals surface area contributed by atoms with Crippen LogP contribution in [0.1, 0.15) is 51.8 Å². The predicted molar refractivity (Wildman–Crippen MR) is 124 cm³/mol. The van der Waals surface area contributed by atoms with Gasteiger partial charge in [-0.25, -0.2) is 0 Å². The summed E-state index contributed by atoms with van der Waals surface area (Å²) < 4.78 is 5.66. The summed E-state index contributed by atoms with van der Waals surface area (Å²) in [6, 6.07) is 4.13. The molecule has 28 heavy (non-hydrogen) atoms. The molecule has 0 radical (unpaired) electrons. The molecule has 0 aliphatic carbocycles. The number of furan rings is 1. The van der Waals surface area contributed by atoms with Crippen LogP contribution >= 0.6 is 24.0 Å². The number of nitrogens with zero attached hydrogens (tertiary/aromatic N) is 3. The average Bonchev–Trinajstić information content (AvgIpc) is 3.37. The lowest BCUT2D eigenvalue weighted by Crippen LogP contribution is -2.40. The van der Waals surface area contributed by atoms with Crippen LogP contribution in [0.2, 0.25) is 0 Å². The van der Waals surface area contributed by atoms with Crippen molar-refractivity contribution >= 4 is 35.8 Å². The summed E-state index contributed by atoms with van der Waals surface area (Å²) in [5, 5.41) is 6.56. The fraction of sp³-hybridized carbons (Fsp3) is 0.700. The first-order valence-corrected chi connectivity index (χ1v) is 10.3. The van der Waals surface area contributed by atoms with Crippen LogP contribution in [0, 0.1) is 0 Å². The quantitative estimate of drug-likeness (QED) is 0.291. The smallest absolute Gasteiger partial charge is 0.224 e. The number of amides is 1. The molecule has 1 amide bonds. The van der Waals surface area contributed by atoms with Crippen molar-refractivity contribution in [2.75, 3.05) is 45.8 Å². The minimum Gasteiger partial charge on any atom is -0.468 e. The third kappa shape index (κ3) is 7.62. The molecule has 0 saturated carbocycles. The van der Waals surface area contributed by atoms with Gasteiger partial charge in [0.25, 0.3) is 0 Å². The van der Waals surface area contributed by atoms with Crippen molar-refractivity contribution in [3.8, 4) is 0 Å². The van der Waals surface area contributed by atoms with E-state index < -0.39 is 0 Å². The summed E-state index contributed by atoms with van der Waals surface area (Å²) in [4.78, 5) is 21.2. The molecule has 8 heteroatoms. The summed E-state index contributed by atoms with van der Waals surface area (Å²) in [5.74, 6) is 1.89. The maximum absolute atomic E-state index is 12.1. The highest BCUT2D eigenvalue weighted by Crippen LogP contribution is 2.25. The number of carbonyl (C=O) groups is 1. The van der Waals surface area contributed by atoms with Crippen LogP contribution in [0.4, 0.5) is 0 Å². The topological polar surface area (TPSA) is 73.1 Å². The first-order valence-electron chi connectivity index (χ1n) is 10.3. The Morgan fingerprint density at radius 2 is 1.96 bits per heavy atom. The molecule has 2 N–H and O–H groups in total. The van der Waals surface area contributed by atoms with Gasteiger partial charge in [0.05, 0.1) is 18.8 Å². The molecular formula is C20H36IN5O2. The number of guanidine groups is 1. The van der Waals surface area contributed by atoms with Crippen molar-refractivity contribution in [1.29, 1.82) is 0 Å². The number of aliphatic imine (C=N–C) groups is 1. The molecule has 7 nitrogen and oxygen atoms in total. The molecule has 1 fully saturated rings. The molecule has 0 aromatic carbocycles. The Morgan fingerprint density at radius 1 is 1.25 bits per heavy atom. The molecule has 2 rings (SSSR count). The Labute approximate surface area is 186 Å². The van der Waals surface area contributed by atoms with E-state index in [0.717, 1.165) is 44.4 Å². The number of hydrogen-bond acceptors (Lipinski definition) is 4. The second-order valence-electron chi connectivity index (χ2n) is 6.74. The molecule has 1 aliphatic rings. The Balaban J connectivity index is 0.00000392. The van der Waals surface area contributed by atoms with Crippen molar-refractivity contribution in [3.05, 3.63) is 24.2 Å². The van der Waals surface area contributed by atoms with Crippen molar-refractivity contribution in [2.45, 2.75) is 46.1 Å². The summed E-state index contributed by atoms with van der Waals surface area (Å²) in [6.45, 7) is 11.7. The Morgan fingerprint density at radius 3 is 2.54 bits per heavy atom. The standard InChI is InChI=1S/C20H35N5O2.HI/c1-4-21-20(22-12-11-19(26)24(5-2)6-3)23-16-17(18-10-9-15-27-18)25-13-7-8-14-25;/h9-10,15,17H,4-8,11-14,16H2,1-3H3,(H2,21,22,23);1H. The molecule has 2 heterocycles. The monoisotopic (exact) mass is 505 g/mol. The molecule has 1 unspecified atom stereocenters. The summed E-state index contributed by atoms with van der Waals surface area (Å²) in [7, 11) is 0. The number of nitrogens with one attached hydrogen (secondary N) is 2. The summed E-state index contributed by atoms with van der Waals surface area (Å²) in [6.07, 6.45) is 4.66. The van der Waals surface area contributed by atoms with Gasteiger partial charge in [0.1, 0.15) is 5.76 Å². The normalized spacial score (nSPS) is 15.8. The highest BCUT2D eigenvalue weighted by atomic mass is 127. The van der Waals surface area contributed by atoms with E-state index in [9.17, 15) is 4.79 Å². The third-order valence-electron chi connectivity index (χ3n) is 4.97. The zero-order valence-corrected chi connectivity index (χ0v) is 19.8. The zero-order chi connectivity index (χ0) is 19.5. The lowest BCUT2D eigenvalue weighted by molar-refractivity contribution is -0.130. The first kappa shape index (κ1) is 24.7. The zero-order valence-electron chi connectivity index (χ0n) is 17.4. The molecular weight excluding hydrogens is 469 g/mol. The largest absolute Gasteiger partial charge is 0.468 e. The molecule has 0 bridgehead atoms. The Bertz CT molecular complexity index is 569. The highest BCUT2D eigenvalue weighted by molar-refractivity contribution is 14.0. The minimum atomic E-state index is 0. The second kappa shape index (κ2) is 13.8. The second-order valence-corrected chi connectivity index (χ2v) is 6.74. The number of halogens is 1. The van der Waals surface area contributed by atoms with Gasteiger partial charge in [0.15, 0.2) is 5.96 Å². The fourth-order valence-electron chi connectivity index (χ4n) is 3.46. The Kier molecular flexibility index (Phi) is 12.2. The third-order valence-corrected chi connectivity index (χ3v) is 4.97. The maximum Gasteiger partial charge on any atom is 0.224 e. The number of rotatable bonds is 10. The van der Waals surface area contributed by atoms with Crippen molar-refractivity contribution in [2.24, 2.45) is 4.99 Å². The van der Waals surface area contributed by atoms with Gasteiger partial charge in [-0.05, 0) is 58.8 Å². The molecule has 1 aromatic rings. The highest BCUT2D eigenvalue weighted by Gasteiger charge is 2.25. The van der Waals surface area contributed by atoms with Crippen LogP contribution in [-0.4, -0.2) is 67.5 Å². The van der Waals surface area contributed by atoms with E-state index in [0.29, 0.717) is 19.5 Å². The van der Waals surface area contributed by atoms with Gasteiger partial charge in [-0.15, -0.1) is 24.0 Å². The van der Waals surface area contributed by atoms with Gasteiger partial charge in [-0.2, -0.15) is 0 Å². The van der Waals surface area contributed by atoms with Gasteiger partial charge in [0.2, 0.25) is 5.91 Å². The Hall–Kier alpha value is -1.29. The van der Waals surface area contributed by atoms with E-state index in [1.807, 2.05) is 37.8 Å². The van der Waals surface area contributed by atoms with E-state index in [2.05, 4.69) is 15.5 Å². The molecule has 160 valence electrons. The molecule has 1 aromatic heterocycles. The first-order chi connectivity index (χ1) is 13.2.